The largest absolute Gasteiger partial charge is 0.459 e. The third-order valence-corrected chi connectivity index (χ3v) is 5.27. The lowest BCUT2D eigenvalue weighted by atomic mass is 9.83. The molecule has 1 aliphatic rings. The monoisotopic (exact) mass is 375 g/mol. The van der Waals surface area contributed by atoms with Crippen LogP contribution in [-0.2, 0) is 9.53 Å². The quantitative estimate of drug-likeness (QED) is 0.319. The maximum Gasteiger partial charge on any atom is 0.306 e. The first-order valence-electron chi connectivity index (χ1n) is 9.05. The Morgan fingerprint density at radius 2 is 1.59 bits per heavy atom. The number of hydrogen-bond donors (Lipinski definition) is 1. The van der Waals surface area contributed by atoms with Gasteiger partial charge < -0.3 is 10.1 Å². The zero-order valence-electron chi connectivity index (χ0n) is 14.5. The molecule has 1 rings (SSSR count). The highest BCUT2D eigenvalue weighted by atomic mass is 79.9. The second kappa shape index (κ2) is 11.4. The van der Waals surface area contributed by atoms with Crippen molar-refractivity contribution in [2.24, 2.45) is 5.92 Å². The average Bonchev–Trinajstić information content (AvgIpc) is 2.50. The van der Waals surface area contributed by atoms with Gasteiger partial charge in [-0.15, -0.1) is 0 Å². The van der Waals surface area contributed by atoms with Crippen LogP contribution in [0.2, 0.25) is 0 Å². The summed E-state index contributed by atoms with van der Waals surface area (Å²) >= 11 is 3.46. The summed E-state index contributed by atoms with van der Waals surface area (Å²) in [5, 5.41) is 4.48. The summed E-state index contributed by atoms with van der Waals surface area (Å²) < 4.78 is 5.77. The highest BCUT2D eigenvalue weighted by Crippen LogP contribution is 2.29. The van der Waals surface area contributed by atoms with Crippen LogP contribution in [0.25, 0.3) is 0 Å². The molecule has 4 heteroatoms. The van der Waals surface area contributed by atoms with Crippen molar-refractivity contribution in [3.05, 3.63) is 0 Å². The van der Waals surface area contributed by atoms with Crippen LogP contribution in [-0.4, -0.2) is 30.0 Å². The van der Waals surface area contributed by atoms with Crippen molar-refractivity contribution in [2.75, 3.05) is 18.4 Å². The van der Waals surface area contributed by atoms with Gasteiger partial charge in [-0.1, -0.05) is 48.0 Å². The van der Waals surface area contributed by atoms with Crippen molar-refractivity contribution >= 4 is 21.9 Å². The van der Waals surface area contributed by atoms with Crippen molar-refractivity contribution in [1.82, 2.24) is 5.32 Å². The third kappa shape index (κ3) is 8.52. The zero-order chi connectivity index (χ0) is 16.3. The molecule has 1 saturated heterocycles. The Morgan fingerprint density at radius 3 is 2.18 bits per heavy atom. The Balaban J connectivity index is 2.07. The van der Waals surface area contributed by atoms with Gasteiger partial charge in [-0.05, 0) is 52.6 Å². The van der Waals surface area contributed by atoms with Crippen molar-refractivity contribution < 1.29 is 9.53 Å². The maximum absolute atomic E-state index is 12.0. The van der Waals surface area contributed by atoms with Crippen LogP contribution in [0.3, 0.4) is 0 Å². The smallest absolute Gasteiger partial charge is 0.306 e. The van der Waals surface area contributed by atoms with Gasteiger partial charge in [0.25, 0.3) is 0 Å². The van der Waals surface area contributed by atoms with E-state index in [9.17, 15) is 4.79 Å². The molecular formula is C18H34BrNO2. The van der Waals surface area contributed by atoms with E-state index in [1.807, 2.05) is 0 Å². The molecule has 3 nitrogen and oxygen atoms in total. The number of esters is 1. The molecule has 0 radical (unpaired) electrons. The van der Waals surface area contributed by atoms with Gasteiger partial charge in [0.05, 0.1) is 0 Å². The van der Waals surface area contributed by atoms with E-state index in [0.717, 1.165) is 44.1 Å². The molecule has 0 saturated carbocycles. The molecular weight excluding hydrogens is 342 g/mol. The SMILES string of the molecule is CC(C)(OC(=O)CCCCCCCCCBr)C1CCNCC1. The minimum Gasteiger partial charge on any atom is -0.459 e. The lowest BCUT2D eigenvalue weighted by Gasteiger charge is -2.36. The van der Waals surface area contributed by atoms with Crippen molar-refractivity contribution in [2.45, 2.75) is 83.7 Å². The van der Waals surface area contributed by atoms with Gasteiger partial charge in [-0.2, -0.15) is 0 Å². The van der Waals surface area contributed by atoms with Crippen molar-refractivity contribution in [3.8, 4) is 0 Å². The fraction of sp³-hybridized carbons (Fsp3) is 0.944. The number of piperidine rings is 1. The first kappa shape index (κ1) is 20.0. The molecule has 0 aliphatic carbocycles. The number of nitrogens with one attached hydrogen (secondary N) is 1. The van der Waals surface area contributed by atoms with E-state index in [1.165, 1.54) is 32.1 Å². The van der Waals surface area contributed by atoms with Crippen LogP contribution in [0.5, 0.6) is 0 Å². The van der Waals surface area contributed by atoms with Crippen molar-refractivity contribution in [3.63, 3.8) is 0 Å². The molecule has 0 bridgehead atoms. The summed E-state index contributed by atoms with van der Waals surface area (Å²) in [5.41, 5.74) is -0.311. The fourth-order valence-corrected chi connectivity index (χ4v) is 3.59. The molecule has 0 amide bonds. The van der Waals surface area contributed by atoms with Crippen LogP contribution in [0.15, 0.2) is 0 Å². The molecule has 0 aromatic carbocycles. The third-order valence-electron chi connectivity index (χ3n) is 4.71. The van der Waals surface area contributed by atoms with Crippen LogP contribution in [0.4, 0.5) is 0 Å². The van der Waals surface area contributed by atoms with E-state index >= 15 is 0 Å². The molecule has 1 aliphatic heterocycles. The van der Waals surface area contributed by atoms with E-state index in [0.29, 0.717) is 12.3 Å². The molecule has 1 heterocycles. The van der Waals surface area contributed by atoms with Gasteiger partial charge in [0, 0.05) is 17.7 Å². The van der Waals surface area contributed by atoms with Crippen LogP contribution in [0.1, 0.15) is 78.1 Å². The van der Waals surface area contributed by atoms with E-state index in [4.69, 9.17) is 4.74 Å². The predicted molar refractivity (Wildman–Crippen MR) is 96.5 cm³/mol. The number of ether oxygens (including phenoxy) is 1. The Kier molecular flexibility index (Phi) is 10.4. The van der Waals surface area contributed by atoms with Crippen LogP contribution >= 0.6 is 15.9 Å². The van der Waals surface area contributed by atoms with E-state index in [2.05, 4.69) is 35.1 Å². The number of carbonyl (C=O) groups is 1. The number of carbonyl (C=O) groups excluding carboxylic acids is 1. The lowest BCUT2D eigenvalue weighted by molar-refractivity contribution is -0.162. The Bertz CT molecular complexity index is 301. The van der Waals surface area contributed by atoms with Gasteiger partial charge in [0.2, 0.25) is 0 Å². The molecule has 1 fully saturated rings. The maximum atomic E-state index is 12.0. The summed E-state index contributed by atoms with van der Waals surface area (Å²) in [7, 11) is 0. The topological polar surface area (TPSA) is 38.3 Å². The van der Waals surface area contributed by atoms with Gasteiger partial charge in [0.15, 0.2) is 0 Å². The zero-order valence-corrected chi connectivity index (χ0v) is 16.1. The number of halogens is 1. The predicted octanol–water partition coefficient (Wildman–Crippen LogP) is 4.82. The highest BCUT2D eigenvalue weighted by molar-refractivity contribution is 9.09. The number of alkyl halides is 1. The van der Waals surface area contributed by atoms with E-state index in [1.54, 1.807) is 0 Å². The molecule has 0 atom stereocenters. The molecule has 0 aromatic heterocycles. The second-order valence-electron chi connectivity index (χ2n) is 7.02. The summed E-state index contributed by atoms with van der Waals surface area (Å²) in [6.07, 6.45) is 11.4. The first-order valence-corrected chi connectivity index (χ1v) is 10.2. The van der Waals surface area contributed by atoms with Gasteiger partial charge in [-0.3, -0.25) is 4.79 Å². The minimum atomic E-state index is -0.311. The van der Waals surface area contributed by atoms with Crippen LogP contribution < -0.4 is 5.32 Å². The van der Waals surface area contributed by atoms with Crippen LogP contribution in [0, 0.1) is 5.92 Å². The van der Waals surface area contributed by atoms with Crippen molar-refractivity contribution in [1.29, 1.82) is 0 Å². The average molecular weight is 376 g/mol. The van der Waals surface area contributed by atoms with E-state index in [-0.39, 0.29) is 11.6 Å². The van der Waals surface area contributed by atoms with E-state index < -0.39 is 0 Å². The highest BCUT2D eigenvalue weighted by Gasteiger charge is 2.33. The summed E-state index contributed by atoms with van der Waals surface area (Å²) in [6, 6.07) is 0. The molecule has 130 valence electrons. The molecule has 1 N–H and O–H groups in total. The Hall–Kier alpha value is -0.0900. The molecule has 0 aromatic rings. The fourth-order valence-electron chi connectivity index (χ4n) is 3.19. The summed E-state index contributed by atoms with van der Waals surface area (Å²) in [5.74, 6) is 0.481. The molecule has 0 spiro atoms. The standard InChI is InChI=1S/C18H34BrNO2/c1-18(2,16-11-14-20-15-12-16)22-17(21)10-8-6-4-3-5-7-9-13-19/h16,20H,3-15H2,1-2H3. The van der Waals surface area contributed by atoms with Gasteiger partial charge in [0.1, 0.15) is 5.60 Å². The Morgan fingerprint density at radius 1 is 1.05 bits per heavy atom. The summed E-state index contributed by atoms with van der Waals surface area (Å²) in [6.45, 7) is 6.23. The first-order chi connectivity index (χ1) is 10.6. The number of unbranched alkanes of at least 4 members (excludes halogenated alkanes) is 6. The van der Waals surface area contributed by atoms with Gasteiger partial charge >= 0.3 is 5.97 Å². The molecule has 22 heavy (non-hydrogen) atoms. The lowest BCUT2D eigenvalue weighted by Crippen LogP contribution is -2.42. The Labute approximate surface area is 145 Å². The summed E-state index contributed by atoms with van der Waals surface area (Å²) in [4.78, 5) is 12.0. The normalized spacial score (nSPS) is 16.7. The van der Waals surface area contributed by atoms with Gasteiger partial charge in [-0.25, -0.2) is 0 Å². The number of rotatable bonds is 11. The number of hydrogen-bond acceptors (Lipinski definition) is 3. The second-order valence-corrected chi connectivity index (χ2v) is 7.81. The minimum absolute atomic E-state index is 0.0113. The molecule has 0 unspecified atom stereocenters.